The molecule has 0 saturated carbocycles. The number of carbonyl (C=O) groups is 2. The highest BCUT2D eigenvalue weighted by Crippen LogP contribution is 2.33. The predicted molar refractivity (Wildman–Crippen MR) is 142 cm³/mol. The van der Waals surface area contributed by atoms with E-state index in [4.69, 9.17) is 21.1 Å². The van der Waals surface area contributed by atoms with E-state index in [2.05, 4.69) is 10.3 Å². The van der Waals surface area contributed by atoms with Crippen LogP contribution in [0.3, 0.4) is 0 Å². The maximum Gasteiger partial charge on any atom is 0.335 e. The molecule has 0 aliphatic carbocycles. The van der Waals surface area contributed by atoms with E-state index in [1.807, 2.05) is 50.2 Å². The fourth-order valence-electron chi connectivity index (χ4n) is 3.35. The molecular weight excluding hydrogens is 500 g/mol. The molecule has 2 N–H and O–H groups in total. The van der Waals surface area contributed by atoms with Crippen molar-refractivity contribution in [3.8, 4) is 11.5 Å². The molecule has 4 rings (SSSR count). The number of aromatic carboxylic acids is 1. The normalized spacial score (nSPS) is 15.2. The third-order valence-electron chi connectivity index (χ3n) is 5.20. The summed E-state index contributed by atoms with van der Waals surface area (Å²) in [5, 5.41) is 13.0. The summed E-state index contributed by atoms with van der Waals surface area (Å²) in [6.45, 7) is 4.53. The Morgan fingerprint density at radius 3 is 2.58 bits per heavy atom. The van der Waals surface area contributed by atoms with Crippen LogP contribution >= 0.6 is 23.4 Å². The lowest BCUT2D eigenvalue weighted by Gasteiger charge is -2.13. The molecule has 0 aromatic heterocycles. The van der Waals surface area contributed by atoms with Gasteiger partial charge in [-0.25, -0.2) is 9.79 Å². The first-order valence-electron chi connectivity index (χ1n) is 11.1. The zero-order chi connectivity index (χ0) is 25.7. The number of amides is 1. The van der Waals surface area contributed by atoms with Crippen molar-refractivity contribution in [1.29, 1.82) is 0 Å². The van der Waals surface area contributed by atoms with Gasteiger partial charge in [0.25, 0.3) is 5.91 Å². The van der Waals surface area contributed by atoms with Crippen LogP contribution in [0.15, 0.2) is 70.6 Å². The zero-order valence-electron chi connectivity index (χ0n) is 19.6. The van der Waals surface area contributed by atoms with Gasteiger partial charge in [-0.2, -0.15) is 0 Å². The first-order chi connectivity index (χ1) is 17.3. The lowest BCUT2D eigenvalue weighted by molar-refractivity contribution is -0.115. The quantitative estimate of drug-likeness (QED) is 0.341. The molecule has 3 aromatic rings. The number of aliphatic imine (C=N–C) groups is 1. The molecule has 0 spiro atoms. The van der Waals surface area contributed by atoms with Crippen LogP contribution in [0.4, 0.5) is 5.69 Å². The van der Waals surface area contributed by atoms with Crippen molar-refractivity contribution in [3.05, 3.63) is 92.8 Å². The highest BCUT2D eigenvalue weighted by molar-refractivity contribution is 8.18. The third-order valence-corrected chi connectivity index (χ3v) is 6.36. The van der Waals surface area contributed by atoms with Crippen LogP contribution in [0, 0.1) is 6.92 Å². The van der Waals surface area contributed by atoms with Crippen LogP contribution in [0.25, 0.3) is 6.08 Å². The summed E-state index contributed by atoms with van der Waals surface area (Å²) < 4.78 is 11.7. The Morgan fingerprint density at radius 1 is 1.08 bits per heavy atom. The number of ether oxygens (including phenoxy) is 2. The smallest absolute Gasteiger partial charge is 0.335 e. The topological polar surface area (TPSA) is 97.2 Å². The van der Waals surface area contributed by atoms with Gasteiger partial charge in [-0.15, -0.1) is 0 Å². The van der Waals surface area contributed by atoms with Crippen molar-refractivity contribution < 1.29 is 24.2 Å². The molecular formula is C27H23ClN2O5S. The Hall–Kier alpha value is -3.75. The van der Waals surface area contributed by atoms with Crippen LogP contribution in [0.1, 0.15) is 34.0 Å². The number of benzene rings is 3. The van der Waals surface area contributed by atoms with Gasteiger partial charge in [0.1, 0.15) is 6.61 Å². The molecule has 1 heterocycles. The largest absolute Gasteiger partial charge is 0.490 e. The number of amidine groups is 1. The number of hydrogen-bond acceptors (Lipinski definition) is 6. The minimum absolute atomic E-state index is 0.131. The monoisotopic (exact) mass is 522 g/mol. The number of hydrogen-bond donors (Lipinski definition) is 2. The van der Waals surface area contributed by atoms with Gasteiger partial charge in [-0.05, 0) is 84.8 Å². The standard InChI is InChI=1S/C27H23ClN2O5S/c1-3-34-23-12-18(7-11-22(23)35-15-17-5-9-20(28)10-6-17)13-24-25(31)30-27(36-24)29-21-14-19(26(32)33)8-4-16(21)2/h4-14H,3,15H2,1-2H3,(H,32,33)(H,29,30,31)/b24-13-. The molecule has 9 heteroatoms. The molecule has 36 heavy (non-hydrogen) atoms. The Kier molecular flexibility index (Phi) is 7.97. The first kappa shape index (κ1) is 25.3. The van der Waals surface area contributed by atoms with E-state index >= 15 is 0 Å². The third kappa shape index (κ3) is 6.27. The van der Waals surface area contributed by atoms with E-state index in [0.717, 1.165) is 16.7 Å². The molecule has 1 saturated heterocycles. The van der Waals surface area contributed by atoms with Crippen molar-refractivity contribution in [2.24, 2.45) is 4.99 Å². The van der Waals surface area contributed by atoms with Crippen molar-refractivity contribution in [2.75, 3.05) is 6.61 Å². The Bertz CT molecular complexity index is 1370. The lowest BCUT2D eigenvalue weighted by Crippen LogP contribution is -2.19. The Labute approximate surface area is 217 Å². The van der Waals surface area contributed by atoms with Gasteiger partial charge in [0.2, 0.25) is 0 Å². The molecule has 0 unspecified atom stereocenters. The molecule has 7 nitrogen and oxygen atoms in total. The number of carboxylic acid groups (broad SMARTS) is 1. The van der Waals surface area contributed by atoms with E-state index in [1.165, 1.54) is 23.9 Å². The predicted octanol–water partition coefficient (Wildman–Crippen LogP) is 6.22. The second kappa shape index (κ2) is 11.3. The van der Waals surface area contributed by atoms with Crippen LogP contribution in [0.2, 0.25) is 5.02 Å². The van der Waals surface area contributed by atoms with Crippen molar-refractivity contribution in [3.63, 3.8) is 0 Å². The summed E-state index contributed by atoms with van der Waals surface area (Å²) in [6, 6.07) is 17.6. The minimum atomic E-state index is -1.04. The number of rotatable bonds is 8. The molecule has 0 atom stereocenters. The van der Waals surface area contributed by atoms with Crippen LogP contribution in [-0.4, -0.2) is 28.8 Å². The molecule has 3 aromatic carbocycles. The zero-order valence-corrected chi connectivity index (χ0v) is 21.2. The summed E-state index contributed by atoms with van der Waals surface area (Å²) in [6.07, 6.45) is 1.74. The maximum atomic E-state index is 12.6. The number of nitrogens with zero attached hydrogens (tertiary/aromatic N) is 1. The molecule has 0 radical (unpaired) electrons. The van der Waals surface area contributed by atoms with Crippen molar-refractivity contribution in [2.45, 2.75) is 20.5 Å². The van der Waals surface area contributed by atoms with Gasteiger partial charge in [-0.1, -0.05) is 35.9 Å². The van der Waals surface area contributed by atoms with E-state index in [9.17, 15) is 14.7 Å². The lowest BCUT2D eigenvalue weighted by atomic mass is 10.1. The maximum absolute atomic E-state index is 12.6. The van der Waals surface area contributed by atoms with Gasteiger partial charge < -0.3 is 19.9 Å². The average molecular weight is 523 g/mol. The average Bonchev–Trinajstić information content (AvgIpc) is 3.19. The molecule has 1 aliphatic heterocycles. The fourth-order valence-corrected chi connectivity index (χ4v) is 4.31. The summed E-state index contributed by atoms with van der Waals surface area (Å²) in [4.78, 5) is 28.7. The molecule has 1 fully saturated rings. The molecule has 0 bridgehead atoms. The number of carbonyl (C=O) groups excluding carboxylic acids is 1. The fraction of sp³-hybridized carbons (Fsp3) is 0.148. The second-order valence-corrected chi connectivity index (χ2v) is 9.31. The number of halogens is 1. The number of thioether (sulfide) groups is 1. The molecule has 184 valence electrons. The number of aryl methyl sites for hydroxylation is 1. The molecule has 1 amide bonds. The van der Waals surface area contributed by atoms with E-state index < -0.39 is 5.97 Å². The van der Waals surface area contributed by atoms with Gasteiger partial charge in [0.15, 0.2) is 16.7 Å². The summed E-state index contributed by atoms with van der Waals surface area (Å²) in [5.74, 6) is -0.162. The van der Waals surface area contributed by atoms with E-state index in [1.54, 1.807) is 18.2 Å². The number of carboxylic acids is 1. The van der Waals surface area contributed by atoms with Crippen molar-refractivity contribution in [1.82, 2.24) is 5.32 Å². The van der Waals surface area contributed by atoms with Gasteiger partial charge in [-0.3, -0.25) is 4.79 Å². The van der Waals surface area contributed by atoms with Crippen LogP contribution in [0.5, 0.6) is 11.5 Å². The Morgan fingerprint density at radius 2 is 1.86 bits per heavy atom. The van der Waals surface area contributed by atoms with Crippen molar-refractivity contribution >= 4 is 52.2 Å². The number of nitrogens with one attached hydrogen (secondary N) is 1. The summed E-state index contributed by atoms with van der Waals surface area (Å²) in [5.41, 5.74) is 3.16. The van der Waals surface area contributed by atoms with Crippen LogP contribution < -0.4 is 14.8 Å². The summed E-state index contributed by atoms with van der Waals surface area (Å²) >= 11 is 7.13. The minimum Gasteiger partial charge on any atom is -0.490 e. The van der Waals surface area contributed by atoms with Gasteiger partial charge >= 0.3 is 5.97 Å². The van der Waals surface area contributed by atoms with Crippen LogP contribution in [-0.2, 0) is 11.4 Å². The highest BCUT2D eigenvalue weighted by Gasteiger charge is 2.24. The van der Waals surface area contributed by atoms with Gasteiger partial charge in [0.05, 0.1) is 22.8 Å². The first-order valence-corrected chi connectivity index (χ1v) is 12.3. The molecule has 1 aliphatic rings. The van der Waals surface area contributed by atoms with E-state index in [0.29, 0.717) is 45.5 Å². The second-order valence-electron chi connectivity index (χ2n) is 7.84. The highest BCUT2D eigenvalue weighted by atomic mass is 35.5. The summed E-state index contributed by atoms with van der Waals surface area (Å²) in [7, 11) is 0. The van der Waals surface area contributed by atoms with Gasteiger partial charge in [0, 0.05) is 5.02 Å². The Balaban J connectivity index is 1.52. The SMILES string of the molecule is CCOc1cc(/C=C2\SC(=Nc3cc(C(=O)O)ccc3C)NC2=O)ccc1OCc1ccc(Cl)cc1. The van der Waals surface area contributed by atoms with E-state index in [-0.39, 0.29) is 11.5 Å².